The van der Waals surface area contributed by atoms with Crippen LogP contribution in [-0.4, -0.2) is 73.4 Å². The van der Waals surface area contributed by atoms with Crippen molar-refractivity contribution in [3.8, 4) is 0 Å². The fraction of sp³-hybridized carbons (Fsp3) is 0.891. The lowest BCUT2D eigenvalue weighted by molar-refractivity contribution is -0.870. The quantitative estimate of drug-likeness (QED) is 0.0243. The van der Waals surface area contributed by atoms with Crippen LogP contribution < -0.4 is 5.32 Å². The van der Waals surface area contributed by atoms with Gasteiger partial charge in [0.15, 0.2) is 0 Å². The fourth-order valence-corrected chi connectivity index (χ4v) is 10.3. The van der Waals surface area contributed by atoms with Crippen LogP contribution in [0.5, 0.6) is 0 Å². The summed E-state index contributed by atoms with van der Waals surface area (Å²) in [5.74, 6) is -0.181. The first kappa shape index (κ1) is 71.7. The summed E-state index contributed by atoms with van der Waals surface area (Å²) in [6.07, 6.45) is 72.8. The maximum atomic E-state index is 13.0. The fourth-order valence-electron chi connectivity index (χ4n) is 9.59. The molecule has 0 bridgehead atoms. The number of phosphoric acid groups is 1. The molecule has 3 N–H and O–H groups in total. The molecule has 0 saturated carbocycles. The standard InChI is InChI=1S/C64H125N2O6P/c1-6-8-10-12-14-16-18-20-22-24-26-28-29-30-31-32-33-34-35-36-37-38-40-42-44-46-48-50-52-54-56-58-64(68)65-62(61-72-73(69,70)71-60-59-66(3,4)5)63(67)57-55-53-51-49-47-45-43-41-39-27-25-23-21-19-17-15-13-11-9-7-2/h24,26,47,49,55,57,62-63,67H,6-23,25,27-46,48,50-54,56,58-61H2,1-5H3,(H-,65,68,69,70)/p+1/b26-24-,49-47+,57-55+. The second kappa shape index (κ2) is 55.5. The first-order chi connectivity index (χ1) is 35.5. The summed E-state index contributed by atoms with van der Waals surface area (Å²) in [5, 5.41) is 13.9. The topological polar surface area (TPSA) is 105 Å². The van der Waals surface area contributed by atoms with Gasteiger partial charge in [-0.1, -0.05) is 288 Å². The molecule has 73 heavy (non-hydrogen) atoms. The molecule has 8 nitrogen and oxygen atoms in total. The number of rotatable bonds is 59. The zero-order valence-corrected chi connectivity index (χ0v) is 50.3. The van der Waals surface area contributed by atoms with Gasteiger partial charge in [0.1, 0.15) is 13.2 Å². The third-order valence-electron chi connectivity index (χ3n) is 14.6. The van der Waals surface area contributed by atoms with Gasteiger partial charge in [0.2, 0.25) is 5.91 Å². The molecule has 0 heterocycles. The highest BCUT2D eigenvalue weighted by Gasteiger charge is 2.27. The molecule has 1 amide bonds. The molecular formula is C64H126N2O6P+. The van der Waals surface area contributed by atoms with E-state index in [0.717, 1.165) is 38.5 Å². The van der Waals surface area contributed by atoms with Gasteiger partial charge >= 0.3 is 7.82 Å². The van der Waals surface area contributed by atoms with E-state index in [-0.39, 0.29) is 19.1 Å². The van der Waals surface area contributed by atoms with E-state index in [0.29, 0.717) is 17.4 Å². The zero-order valence-electron chi connectivity index (χ0n) is 49.4. The van der Waals surface area contributed by atoms with Crippen LogP contribution in [0.15, 0.2) is 36.5 Å². The number of nitrogens with one attached hydrogen (secondary N) is 1. The predicted octanol–water partition coefficient (Wildman–Crippen LogP) is 19.7. The third-order valence-corrected chi connectivity index (χ3v) is 15.6. The second-order valence-corrected chi connectivity index (χ2v) is 24.6. The van der Waals surface area contributed by atoms with Gasteiger partial charge in [0.05, 0.1) is 39.9 Å². The summed E-state index contributed by atoms with van der Waals surface area (Å²) in [4.78, 5) is 23.3. The number of phosphoric ester groups is 1. The van der Waals surface area contributed by atoms with Crippen LogP contribution >= 0.6 is 7.82 Å². The Morgan fingerprint density at radius 1 is 0.452 bits per heavy atom. The maximum absolute atomic E-state index is 13.0. The molecule has 3 atom stereocenters. The molecule has 0 fully saturated rings. The van der Waals surface area contributed by atoms with Crippen molar-refractivity contribution >= 4 is 13.7 Å². The summed E-state index contributed by atoms with van der Waals surface area (Å²) in [5.41, 5.74) is 0. The Balaban J connectivity index is 4.09. The van der Waals surface area contributed by atoms with Gasteiger partial charge in [0, 0.05) is 6.42 Å². The Bertz CT molecular complexity index is 1280. The Kier molecular flexibility index (Phi) is 54.5. The maximum Gasteiger partial charge on any atom is 0.472 e. The van der Waals surface area contributed by atoms with Crippen LogP contribution in [0.1, 0.15) is 316 Å². The largest absolute Gasteiger partial charge is 0.472 e. The Labute approximate surface area is 455 Å². The monoisotopic (exact) mass is 1050 g/mol. The number of nitrogens with zero attached hydrogens (tertiary/aromatic N) is 1. The molecule has 0 aliphatic carbocycles. The minimum atomic E-state index is -4.36. The number of aliphatic hydroxyl groups is 1. The molecule has 0 rings (SSSR count). The van der Waals surface area contributed by atoms with Crippen molar-refractivity contribution in [2.24, 2.45) is 0 Å². The number of allylic oxidation sites excluding steroid dienone is 5. The summed E-state index contributed by atoms with van der Waals surface area (Å²) in [7, 11) is 1.57. The van der Waals surface area contributed by atoms with E-state index in [1.807, 2.05) is 27.2 Å². The number of amides is 1. The van der Waals surface area contributed by atoms with Crippen LogP contribution in [0.4, 0.5) is 0 Å². The number of quaternary nitrogens is 1. The first-order valence-electron chi connectivity index (χ1n) is 31.9. The van der Waals surface area contributed by atoms with Crippen molar-refractivity contribution in [2.45, 2.75) is 328 Å². The lowest BCUT2D eigenvalue weighted by Gasteiger charge is -2.25. The minimum absolute atomic E-state index is 0.0578. The van der Waals surface area contributed by atoms with Crippen LogP contribution in [-0.2, 0) is 18.4 Å². The lowest BCUT2D eigenvalue weighted by atomic mass is 10.0. The van der Waals surface area contributed by atoms with Gasteiger partial charge in [0.25, 0.3) is 0 Å². The molecule has 0 aromatic heterocycles. The van der Waals surface area contributed by atoms with Gasteiger partial charge in [-0.25, -0.2) is 4.57 Å². The molecule has 0 aromatic rings. The molecule has 432 valence electrons. The first-order valence-corrected chi connectivity index (χ1v) is 33.4. The molecule has 0 radical (unpaired) electrons. The number of hydrogen-bond acceptors (Lipinski definition) is 5. The van der Waals surface area contributed by atoms with Gasteiger partial charge < -0.3 is 19.8 Å². The Morgan fingerprint density at radius 3 is 1.10 bits per heavy atom. The number of carbonyl (C=O) groups excluding carboxylic acids is 1. The molecule has 0 saturated heterocycles. The molecule has 0 aliphatic rings. The summed E-state index contributed by atoms with van der Waals surface area (Å²) in [6, 6.07) is -0.862. The molecule has 0 spiro atoms. The number of carbonyl (C=O) groups is 1. The van der Waals surface area contributed by atoms with Crippen LogP contribution in [0, 0.1) is 0 Å². The summed E-state index contributed by atoms with van der Waals surface area (Å²) < 4.78 is 23.7. The average molecular weight is 1050 g/mol. The van der Waals surface area contributed by atoms with Crippen LogP contribution in [0.3, 0.4) is 0 Å². The van der Waals surface area contributed by atoms with E-state index >= 15 is 0 Å². The van der Waals surface area contributed by atoms with Gasteiger partial charge in [-0.05, 0) is 57.8 Å². The Morgan fingerprint density at radius 2 is 0.753 bits per heavy atom. The number of hydrogen-bond donors (Lipinski definition) is 3. The van der Waals surface area contributed by atoms with Gasteiger partial charge in [-0.3, -0.25) is 13.8 Å². The summed E-state index contributed by atoms with van der Waals surface area (Å²) in [6.45, 7) is 4.84. The SMILES string of the molecule is CCCCCCCCCC/C=C\CCCCCCCCCCCCCCCCCCCCCC(=O)NC(COP(=O)(O)OCC[N+](C)(C)C)C(O)/C=C/CC/C=C/CCCCCCCCCCCCCCCC. The van der Waals surface area contributed by atoms with Crippen molar-refractivity contribution in [1.29, 1.82) is 0 Å². The normalized spacial score (nSPS) is 14.0. The van der Waals surface area contributed by atoms with Crippen molar-refractivity contribution in [1.82, 2.24) is 5.32 Å². The third kappa shape index (κ3) is 58.2. The minimum Gasteiger partial charge on any atom is -0.387 e. The highest BCUT2D eigenvalue weighted by molar-refractivity contribution is 7.47. The molecular weight excluding hydrogens is 924 g/mol. The summed E-state index contributed by atoms with van der Waals surface area (Å²) >= 11 is 0. The average Bonchev–Trinajstić information content (AvgIpc) is 3.35. The van der Waals surface area contributed by atoms with Crippen molar-refractivity contribution in [3.63, 3.8) is 0 Å². The Hall–Kier alpha value is -1.28. The number of unbranched alkanes of at least 4 members (excludes halogenated alkanes) is 42. The highest BCUT2D eigenvalue weighted by atomic mass is 31.2. The van der Waals surface area contributed by atoms with E-state index in [2.05, 4.69) is 43.5 Å². The number of likely N-dealkylation sites (N-methyl/N-ethyl adjacent to an activating group) is 1. The molecule has 0 aliphatic heterocycles. The second-order valence-electron chi connectivity index (χ2n) is 23.1. The van der Waals surface area contributed by atoms with E-state index in [1.165, 1.54) is 257 Å². The molecule has 0 aromatic carbocycles. The lowest BCUT2D eigenvalue weighted by Crippen LogP contribution is -2.45. The predicted molar refractivity (Wildman–Crippen MR) is 318 cm³/mol. The van der Waals surface area contributed by atoms with E-state index in [9.17, 15) is 19.4 Å². The van der Waals surface area contributed by atoms with Crippen LogP contribution in [0.25, 0.3) is 0 Å². The van der Waals surface area contributed by atoms with Gasteiger partial charge in [-0.2, -0.15) is 0 Å². The van der Waals surface area contributed by atoms with Crippen LogP contribution in [0.2, 0.25) is 0 Å². The smallest absolute Gasteiger partial charge is 0.387 e. The molecule has 9 heteroatoms. The zero-order chi connectivity index (χ0) is 53.5. The molecule has 3 unspecified atom stereocenters. The highest BCUT2D eigenvalue weighted by Crippen LogP contribution is 2.43. The van der Waals surface area contributed by atoms with Gasteiger partial charge in [-0.15, -0.1) is 0 Å². The number of aliphatic hydroxyl groups excluding tert-OH is 1. The van der Waals surface area contributed by atoms with Crippen molar-refractivity contribution in [2.75, 3.05) is 40.9 Å². The van der Waals surface area contributed by atoms with E-state index in [4.69, 9.17) is 9.05 Å². The van der Waals surface area contributed by atoms with E-state index in [1.54, 1.807) is 6.08 Å². The van der Waals surface area contributed by atoms with Crippen molar-refractivity contribution in [3.05, 3.63) is 36.5 Å². The van der Waals surface area contributed by atoms with Crippen molar-refractivity contribution < 1.29 is 32.9 Å². The van der Waals surface area contributed by atoms with E-state index < -0.39 is 20.0 Å².